The lowest BCUT2D eigenvalue weighted by Crippen LogP contribution is -2.47. The highest BCUT2D eigenvalue weighted by molar-refractivity contribution is 7.89. The maximum absolute atomic E-state index is 12.9. The topological polar surface area (TPSA) is 69.7 Å². The van der Waals surface area contributed by atoms with Crippen molar-refractivity contribution in [1.82, 2.24) is 14.5 Å². The summed E-state index contributed by atoms with van der Waals surface area (Å²) in [4.78, 5) is 14.9. The van der Waals surface area contributed by atoms with Crippen LogP contribution in [0.5, 0.6) is 0 Å². The Kier molecular flexibility index (Phi) is 5.85. The van der Waals surface area contributed by atoms with Crippen molar-refractivity contribution >= 4 is 26.7 Å². The van der Waals surface area contributed by atoms with Crippen LogP contribution in [0.1, 0.15) is 15.9 Å². The van der Waals surface area contributed by atoms with Crippen LogP contribution in [0.4, 0.5) is 0 Å². The van der Waals surface area contributed by atoms with E-state index in [2.05, 4.69) is 10.2 Å². The van der Waals surface area contributed by atoms with E-state index in [9.17, 15) is 13.2 Å². The minimum Gasteiger partial charge on any atom is -0.348 e. The summed E-state index contributed by atoms with van der Waals surface area (Å²) in [6.45, 7) is 2.68. The van der Waals surface area contributed by atoms with Gasteiger partial charge in [-0.05, 0) is 47.6 Å². The van der Waals surface area contributed by atoms with E-state index in [0.29, 0.717) is 38.3 Å². The zero-order chi connectivity index (χ0) is 21.1. The van der Waals surface area contributed by atoms with Crippen LogP contribution in [-0.4, -0.2) is 56.8 Å². The van der Waals surface area contributed by atoms with Crippen molar-refractivity contribution in [3.63, 3.8) is 0 Å². The van der Waals surface area contributed by atoms with E-state index in [1.807, 2.05) is 49.5 Å². The van der Waals surface area contributed by atoms with Crippen LogP contribution >= 0.6 is 0 Å². The number of fused-ring (bicyclic) bond motifs is 1. The van der Waals surface area contributed by atoms with E-state index in [1.165, 1.54) is 10.4 Å². The lowest BCUT2D eigenvalue weighted by atomic mass is 10.1. The van der Waals surface area contributed by atoms with Crippen molar-refractivity contribution in [1.29, 1.82) is 0 Å². The highest BCUT2D eigenvalue weighted by atomic mass is 32.2. The number of sulfonamides is 1. The summed E-state index contributed by atoms with van der Waals surface area (Å²) in [5, 5.41) is 5.15. The Morgan fingerprint density at radius 1 is 0.900 bits per heavy atom. The molecule has 0 aromatic heterocycles. The predicted octanol–water partition coefficient (Wildman–Crippen LogP) is 2.71. The Morgan fingerprint density at radius 2 is 1.63 bits per heavy atom. The molecule has 0 aliphatic carbocycles. The van der Waals surface area contributed by atoms with Crippen LogP contribution in [-0.2, 0) is 16.6 Å². The third-order valence-corrected chi connectivity index (χ3v) is 7.36. The molecule has 0 saturated carbocycles. The van der Waals surface area contributed by atoms with Gasteiger partial charge in [-0.2, -0.15) is 4.31 Å². The van der Waals surface area contributed by atoms with Crippen molar-refractivity contribution in [2.45, 2.75) is 11.4 Å². The van der Waals surface area contributed by atoms with Crippen molar-refractivity contribution < 1.29 is 13.2 Å². The maximum atomic E-state index is 12.9. The fourth-order valence-corrected chi connectivity index (χ4v) is 5.08. The van der Waals surface area contributed by atoms with E-state index in [4.69, 9.17) is 0 Å². The van der Waals surface area contributed by atoms with Gasteiger partial charge in [-0.25, -0.2) is 8.42 Å². The number of likely N-dealkylation sites (N-methyl/N-ethyl adjacent to an activating group) is 1. The Bertz CT molecular complexity index is 1170. The van der Waals surface area contributed by atoms with E-state index in [-0.39, 0.29) is 10.8 Å². The fraction of sp³-hybridized carbons (Fsp3) is 0.261. The van der Waals surface area contributed by atoms with Crippen molar-refractivity contribution in [2.75, 3.05) is 33.2 Å². The molecule has 1 N–H and O–H groups in total. The van der Waals surface area contributed by atoms with Crippen LogP contribution in [0, 0.1) is 0 Å². The first-order valence-corrected chi connectivity index (χ1v) is 11.4. The van der Waals surface area contributed by atoms with Crippen molar-refractivity contribution in [3.05, 3.63) is 77.9 Å². The summed E-state index contributed by atoms with van der Waals surface area (Å²) in [5.74, 6) is -0.293. The maximum Gasteiger partial charge on any atom is 0.251 e. The first-order valence-electron chi connectivity index (χ1n) is 9.98. The molecule has 0 unspecified atom stereocenters. The average Bonchev–Trinajstić information content (AvgIpc) is 2.77. The van der Waals surface area contributed by atoms with Crippen LogP contribution in [0.25, 0.3) is 10.8 Å². The molecule has 1 aliphatic heterocycles. The third kappa shape index (κ3) is 4.38. The summed E-state index contributed by atoms with van der Waals surface area (Å²) in [5.41, 5.74) is 1.33. The number of rotatable bonds is 5. The number of hydrogen-bond donors (Lipinski definition) is 1. The van der Waals surface area contributed by atoms with E-state index < -0.39 is 10.0 Å². The molecule has 3 aromatic rings. The summed E-state index contributed by atoms with van der Waals surface area (Å²) < 4.78 is 27.4. The highest BCUT2D eigenvalue weighted by Crippen LogP contribution is 2.19. The summed E-state index contributed by atoms with van der Waals surface area (Å²) in [7, 11) is -1.63. The molecule has 30 heavy (non-hydrogen) atoms. The summed E-state index contributed by atoms with van der Waals surface area (Å²) >= 11 is 0. The molecular formula is C23H25N3O3S. The van der Waals surface area contributed by atoms with Crippen LogP contribution in [0.2, 0.25) is 0 Å². The number of hydrogen-bond acceptors (Lipinski definition) is 4. The molecule has 3 aromatic carbocycles. The fourth-order valence-electron chi connectivity index (χ4n) is 3.61. The molecule has 1 saturated heterocycles. The molecule has 0 radical (unpaired) electrons. The van der Waals surface area contributed by atoms with Gasteiger partial charge in [0.05, 0.1) is 4.90 Å². The van der Waals surface area contributed by atoms with Gasteiger partial charge in [0, 0.05) is 38.3 Å². The minimum absolute atomic E-state index is 0.158. The summed E-state index contributed by atoms with van der Waals surface area (Å²) in [6, 6.07) is 20.4. The second-order valence-electron chi connectivity index (χ2n) is 7.60. The van der Waals surface area contributed by atoms with Gasteiger partial charge in [0.2, 0.25) is 10.0 Å². The number of nitrogens with one attached hydrogen (secondary N) is 1. The first-order chi connectivity index (χ1) is 14.4. The number of carbonyl (C=O) groups is 1. The lowest BCUT2D eigenvalue weighted by molar-refractivity contribution is 0.0950. The van der Waals surface area contributed by atoms with Crippen molar-refractivity contribution in [3.8, 4) is 0 Å². The molecule has 1 aliphatic rings. The standard InChI is InChI=1S/C23H25N3O3S/c1-25-11-13-26(14-12-25)30(28,29)22-8-4-7-21(16-22)23(27)24-17-18-9-10-19-5-2-3-6-20(19)15-18/h2-10,15-16H,11-14,17H2,1H3,(H,24,27). The van der Waals surface area contributed by atoms with Gasteiger partial charge in [0.1, 0.15) is 0 Å². The van der Waals surface area contributed by atoms with Crippen LogP contribution in [0.3, 0.4) is 0 Å². The Labute approximate surface area is 177 Å². The number of amides is 1. The van der Waals surface area contributed by atoms with E-state index >= 15 is 0 Å². The molecule has 0 bridgehead atoms. The first kappa shape index (κ1) is 20.5. The van der Waals surface area contributed by atoms with Gasteiger partial charge >= 0.3 is 0 Å². The minimum atomic E-state index is -3.61. The molecule has 0 atom stereocenters. The average molecular weight is 424 g/mol. The lowest BCUT2D eigenvalue weighted by Gasteiger charge is -2.31. The molecule has 0 spiro atoms. The van der Waals surface area contributed by atoms with Gasteiger partial charge < -0.3 is 10.2 Å². The highest BCUT2D eigenvalue weighted by Gasteiger charge is 2.27. The normalized spacial score (nSPS) is 15.9. The molecule has 1 heterocycles. The van der Waals surface area contributed by atoms with Gasteiger partial charge in [0.25, 0.3) is 5.91 Å². The van der Waals surface area contributed by atoms with Gasteiger partial charge in [-0.15, -0.1) is 0 Å². The Morgan fingerprint density at radius 3 is 2.40 bits per heavy atom. The number of carbonyl (C=O) groups excluding carboxylic acids is 1. The third-order valence-electron chi connectivity index (χ3n) is 5.46. The second kappa shape index (κ2) is 8.55. The molecule has 1 amide bonds. The largest absolute Gasteiger partial charge is 0.348 e. The molecule has 156 valence electrons. The SMILES string of the molecule is CN1CCN(S(=O)(=O)c2cccc(C(=O)NCc3ccc4ccccc4c3)c2)CC1. The van der Waals surface area contributed by atoms with Crippen molar-refractivity contribution in [2.24, 2.45) is 0 Å². The van der Waals surface area contributed by atoms with E-state index in [0.717, 1.165) is 16.3 Å². The Hall–Kier alpha value is -2.74. The quantitative estimate of drug-likeness (QED) is 0.685. The smallest absolute Gasteiger partial charge is 0.251 e. The molecule has 1 fully saturated rings. The molecule has 6 nitrogen and oxygen atoms in total. The monoisotopic (exact) mass is 423 g/mol. The number of piperazine rings is 1. The van der Waals surface area contributed by atoms with Crippen LogP contribution in [0.15, 0.2) is 71.6 Å². The predicted molar refractivity (Wildman–Crippen MR) is 118 cm³/mol. The number of nitrogens with zero attached hydrogens (tertiary/aromatic N) is 2. The zero-order valence-corrected chi connectivity index (χ0v) is 17.7. The summed E-state index contributed by atoms with van der Waals surface area (Å²) in [6.07, 6.45) is 0. The molecule has 4 rings (SSSR count). The second-order valence-corrected chi connectivity index (χ2v) is 9.54. The van der Waals surface area contributed by atoms with Gasteiger partial charge in [0.15, 0.2) is 0 Å². The van der Waals surface area contributed by atoms with Gasteiger partial charge in [-0.3, -0.25) is 4.79 Å². The number of benzene rings is 3. The molecule has 7 heteroatoms. The zero-order valence-electron chi connectivity index (χ0n) is 16.9. The van der Waals surface area contributed by atoms with E-state index in [1.54, 1.807) is 18.2 Å². The molecular weight excluding hydrogens is 398 g/mol. The Balaban J connectivity index is 1.46. The van der Waals surface area contributed by atoms with Gasteiger partial charge in [-0.1, -0.05) is 42.5 Å². The van der Waals surface area contributed by atoms with Crippen LogP contribution < -0.4 is 5.32 Å².